The van der Waals surface area contributed by atoms with E-state index in [1.54, 1.807) is 0 Å². The molecule has 13 heteroatoms. The van der Waals surface area contributed by atoms with E-state index >= 15 is 0 Å². The summed E-state index contributed by atoms with van der Waals surface area (Å²) in [6, 6.07) is 85.2. The minimum absolute atomic E-state index is 0.442. The molecule has 15 rings (SSSR count). The highest BCUT2D eigenvalue weighted by atomic mass is 15.1. The van der Waals surface area contributed by atoms with Crippen LogP contribution in [0.5, 0.6) is 0 Å². The van der Waals surface area contributed by atoms with Crippen molar-refractivity contribution >= 4 is 0 Å². The first-order valence-corrected chi connectivity index (χ1v) is 47.6. The van der Waals surface area contributed by atoms with Crippen molar-refractivity contribution in [1.82, 2.24) is 34.9 Å². The van der Waals surface area contributed by atoms with Gasteiger partial charge in [0.1, 0.15) is 34.7 Å². The summed E-state index contributed by atoms with van der Waals surface area (Å²) in [5, 5.41) is 0. The molecule has 0 aliphatic heterocycles. The maximum absolute atomic E-state index is 5.20. The average molecular weight is 1760 g/mol. The molecule has 0 unspecified atom stereocenters. The largest absolute Gasteiger partial charge is 0.330 e. The van der Waals surface area contributed by atoms with Crippen LogP contribution in [-0.4, -0.2) is 34.9 Å². The van der Waals surface area contributed by atoms with Gasteiger partial charge in [-0.3, -0.25) is 0 Å². The van der Waals surface area contributed by atoms with Crippen molar-refractivity contribution in [2.75, 3.05) is 0 Å². The third kappa shape index (κ3) is 25.2. The molecule has 0 fully saturated rings. The number of rotatable bonds is 19. The van der Waals surface area contributed by atoms with E-state index in [1.807, 2.05) is 137 Å². The van der Waals surface area contributed by atoms with E-state index in [-0.39, 0.29) is 0 Å². The first kappa shape index (κ1) is 102. The van der Waals surface area contributed by atoms with Gasteiger partial charge >= 0.3 is 23.3 Å². The first-order chi connectivity index (χ1) is 62.8. The van der Waals surface area contributed by atoms with Gasteiger partial charge in [-0.15, -0.1) is 0 Å². The highest BCUT2D eigenvalue weighted by Gasteiger charge is 2.30. The van der Waals surface area contributed by atoms with Crippen LogP contribution in [0.1, 0.15) is 288 Å². The third-order valence-corrected chi connectivity index (χ3v) is 25.2. The van der Waals surface area contributed by atoms with E-state index in [2.05, 4.69) is 389 Å². The summed E-state index contributed by atoms with van der Waals surface area (Å²) in [4.78, 5) is 33.4. The Bertz CT molecular complexity index is 6240. The number of aryl methyl sites for hydroxylation is 8. The second-order valence-electron chi connectivity index (χ2n) is 38.5. The molecule has 0 atom stereocenters. The molecule has 0 radical (unpaired) electrons. The molecule has 6 heterocycles. The zero-order valence-electron chi connectivity index (χ0n) is 85.4. The van der Waals surface area contributed by atoms with Crippen LogP contribution in [-0.2, 0) is 42.3 Å². The van der Waals surface area contributed by atoms with Gasteiger partial charge in [-0.2, -0.15) is 0 Å². The maximum atomic E-state index is 5.20. The summed E-state index contributed by atoms with van der Waals surface area (Å²) in [5.74, 6) is 10.5. The fraction of sp³-hybridized carbons (Fsp3) is 0.353. The summed E-state index contributed by atoms with van der Waals surface area (Å²) in [6.45, 7) is 58.1. The first-order valence-electron chi connectivity index (χ1n) is 47.6. The monoisotopic (exact) mass is 1760 g/mol. The van der Waals surface area contributed by atoms with Crippen molar-refractivity contribution in [3.63, 3.8) is 0 Å². The fourth-order valence-electron chi connectivity index (χ4n) is 16.5. The summed E-state index contributed by atoms with van der Waals surface area (Å²) in [5.41, 5.74) is 35.3. The molecule has 9 aromatic carbocycles. The van der Waals surface area contributed by atoms with E-state index < -0.39 is 0 Å². The van der Waals surface area contributed by atoms with Gasteiger partial charge in [0, 0.05) is 59.5 Å². The Morgan fingerprint density at radius 3 is 0.780 bits per heavy atom. The molecular formula is C119H149N13+6. The normalized spacial score (nSPS) is 11.3. The predicted octanol–water partition coefficient (Wildman–Crippen LogP) is 26.9. The van der Waals surface area contributed by atoms with E-state index in [0.717, 1.165) is 85.5 Å². The van der Waals surface area contributed by atoms with Crippen molar-refractivity contribution in [2.45, 2.75) is 239 Å². The number of aromatic nitrogens is 13. The fourth-order valence-corrected chi connectivity index (χ4v) is 16.5. The maximum Gasteiger partial charge on any atom is 0.330 e. The van der Waals surface area contributed by atoms with Gasteiger partial charge in [0.15, 0.2) is 22.8 Å². The Kier molecular flexibility index (Phi) is 35.7. The third-order valence-electron chi connectivity index (χ3n) is 25.2. The predicted molar refractivity (Wildman–Crippen MR) is 549 cm³/mol. The molecule has 0 aliphatic rings. The van der Waals surface area contributed by atoms with Gasteiger partial charge in [-0.05, 0) is 235 Å². The van der Waals surface area contributed by atoms with Crippen LogP contribution in [0, 0.1) is 41.5 Å². The Morgan fingerprint density at radius 2 is 0.477 bits per heavy atom. The smallest absolute Gasteiger partial charge is 0.237 e. The molecular weight excluding hydrogens is 1610 g/mol. The molecule has 0 saturated carbocycles. The zero-order valence-corrected chi connectivity index (χ0v) is 85.4. The molecule has 132 heavy (non-hydrogen) atoms. The lowest BCUT2D eigenvalue weighted by Gasteiger charge is -2.21. The molecule has 13 nitrogen and oxygen atoms in total. The van der Waals surface area contributed by atoms with Crippen LogP contribution < -0.4 is 27.4 Å². The van der Waals surface area contributed by atoms with Crippen molar-refractivity contribution in [3.8, 4) is 102 Å². The van der Waals surface area contributed by atoms with Gasteiger partial charge in [0.25, 0.3) is 18.5 Å². The van der Waals surface area contributed by atoms with E-state index in [0.29, 0.717) is 59.2 Å². The van der Waals surface area contributed by atoms with Crippen molar-refractivity contribution in [1.29, 1.82) is 0 Å². The van der Waals surface area contributed by atoms with Gasteiger partial charge in [-0.1, -0.05) is 300 Å². The summed E-state index contributed by atoms with van der Waals surface area (Å²) in [6.07, 6.45) is 5.68. The molecule has 684 valence electrons. The minimum Gasteiger partial charge on any atom is -0.237 e. The molecule has 0 spiro atoms. The quantitative estimate of drug-likeness (QED) is 0.0741. The second kappa shape index (κ2) is 46.5. The van der Waals surface area contributed by atoms with Crippen LogP contribution in [0.25, 0.3) is 102 Å². The standard InChI is InChI=1S/C27H35N2.C24H29N2.C21H31N2.C18H25N2.C17H16N3.C12H13N2/c1-17(2)22-15-23(18(3)4)26(24(16-22)19(5)6)25-14-20(7)29(8)27(28-25)21-12-10-9-11-13-21;1-16(2)20-13-10-14-21(17(3)4)23(20)22-15-18(5)26(6)24(25-22)19-11-8-7-9-12-19;1-13(2)17-10-18(14(3)4)21(19(11-17)15(5)6)20-9-16(7)23(8)12-22-20;1-12(2)15-8-7-9-16(13(3)4)18(15)17-10-14(5)20(6)11-19-17;1-13-18-16(14-9-5-3-6-10-14)19-17(20(13)2)15-11-7-4-8-12-15;1-10-8-9-13-12(14(10)2)11-6-4-3-5-7-11/h9-19H,1-8H3;7-17H,1-6H3;9-15H,1-8H3;7-13H,1-6H3;3-12H,1-2H3;3-9H,1-2H3/q6*+1. The highest BCUT2D eigenvalue weighted by molar-refractivity contribution is 5.75. The lowest BCUT2D eigenvalue weighted by molar-refractivity contribution is -0.680. The Morgan fingerprint density at radius 1 is 0.212 bits per heavy atom. The SMILES string of the molecule is Cc1cc(-c2c(C(C)C)cc(C(C)C)cc2C(C)C)nc(-c2ccccc2)[n+]1C.Cc1cc(-c2c(C(C)C)cc(C(C)C)cc2C(C)C)nc[n+]1C.Cc1cc(-c2c(C(C)C)cccc2C(C)C)nc(-c2ccccc2)[n+]1C.Cc1cc(-c2c(C(C)C)cccc2C(C)C)nc[n+]1C.Cc1ccnc(-c2ccccc2)[n+]1C.Cc1nc(-c2ccccc2)nc(-c2ccccc2)[n+]1C. The summed E-state index contributed by atoms with van der Waals surface area (Å²) >= 11 is 0. The lowest BCUT2D eigenvalue weighted by Crippen LogP contribution is -2.37. The van der Waals surface area contributed by atoms with Gasteiger partial charge in [0.05, 0.1) is 70.1 Å². The van der Waals surface area contributed by atoms with Crippen LogP contribution in [0.3, 0.4) is 0 Å². The topological polar surface area (TPSA) is 114 Å². The molecule has 0 bridgehead atoms. The van der Waals surface area contributed by atoms with Crippen LogP contribution in [0.4, 0.5) is 0 Å². The number of benzene rings is 9. The van der Waals surface area contributed by atoms with E-state index in [1.165, 1.54) is 106 Å². The van der Waals surface area contributed by atoms with Crippen molar-refractivity contribution in [2.24, 2.45) is 42.3 Å². The number of hydrogen-bond acceptors (Lipinski definition) is 7. The molecule has 0 aliphatic carbocycles. The van der Waals surface area contributed by atoms with Crippen molar-refractivity contribution in [3.05, 3.63) is 351 Å². The van der Waals surface area contributed by atoms with Crippen LogP contribution in [0.15, 0.2) is 262 Å². The lowest BCUT2D eigenvalue weighted by atomic mass is 9.83. The number of nitrogens with zero attached hydrogens (tertiary/aromatic N) is 13. The molecule has 15 aromatic rings. The number of hydrogen-bond donors (Lipinski definition) is 0. The molecule has 0 N–H and O–H groups in total. The summed E-state index contributed by atoms with van der Waals surface area (Å²) in [7, 11) is 12.3. The van der Waals surface area contributed by atoms with Gasteiger partial charge in [-0.25, -0.2) is 27.4 Å². The van der Waals surface area contributed by atoms with Crippen molar-refractivity contribution < 1.29 is 27.4 Å². The van der Waals surface area contributed by atoms with Gasteiger partial charge < -0.3 is 0 Å². The second-order valence-corrected chi connectivity index (χ2v) is 38.5. The Hall–Kier alpha value is -12.6. The average Bonchev–Trinajstić information content (AvgIpc) is 0.767. The van der Waals surface area contributed by atoms with Crippen LogP contribution >= 0.6 is 0 Å². The Labute approximate surface area is 792 Å². The summed E-state index contributed by atoms with van der Waals surface area (Å²) < 4.78 is 12.6. The van der Waals surface area contributed by atoms with E-state index in [4.69, 9.17) is 19.9 Å². The zero-order chi connectivity index (χ0) is 96.2. The molecule has 0 saturated heterocycles. The van der Waals surface area contributed by atoms with Gasteiger partial charge in [0.2, 0.25) is 5.82 Å². The molecule has 0 amide bonds. The van der Waals surface area contributed by atoms with E-state index in [9.17, 15) is 0 Å². The van der Waals surface area contributed by atoms with Crippen LogP contribution in [0.2, 0.25) is 0 Å². The highest BCUT2D eigenvalue weighted by Crippen LogP contribution is 2.43. The Balaban J connectivity index is 0.000000166. The minimum atomic E-state index is 0.442. The molecule has 6 aromatic heterocycles.